The van der Waals surface area contributed by atoms with Crippen LogP contribution in [0.25, 0.3) is 0 Å². The van der Waals surface area contributed by atoms with Gasteiger partial charge in [0.1, 0.15) is 0 Å². The first-order valence-electron chi connectivity index (χ1n) is 12.6. The predicted octanol–water partition coefficient (Wildman–Crippen LogP) is 8.53. The molecule has 3 nitrogen and oxygen atoms in total. The molecule has 6 heteroatoms. The number of hydrogen-bond donors (Lipinski definition) is 0. The minimum absolute atomic E-state index is 0.220. The maximum atomic E-state index is 6.63. The summed E-state index contributed by atoms with van der Waals surface area (Å²) in [5.41, 5.74) is 11.2. The van der Waals surface area contributed by atoms with Crippen LogP contribution in [0.4, 0.5) is 11.4 Å². The van der Waals surface area contributed by atoms with Crippen LogP contribution in [0.1, 0.15) is 52.8 Å². The SMILES string of the molecule is Cc1cc(C)c(N2CCN(c3c(C)cc(C)cc3C)[C]2=[Ru]([Cl])[Cl])c(C)c1.[CH2-]c1ccccc1OC(C)C. The van der Waals surface area contributed by atoms with Crippen LogP contribution in [-0.2, 0) is 13.5 Å². The summed E-state index contributed by atoms with van der Waals surface area (Å²) >= 11 is -2.12. The quantitative estimate of drug-likeness (QED) is 0.213. The molecule has 1 fully saturated rings. The molecule has 1 aliphatic rings. The van der Waals surface area contributed by atoms with Gasteiger partial charge in [-0.25, -0.2) is 0 Å². The first-order valence-corrected chi connectivity index (χ1v) is 17.9. The average Bonchev–Trinajstić information content (AvgIpc) is 3.18. The summed E-state index contributed by atoms with van der Waals surface area (Å²) in [5.74, 6) is 0.877. The molecule has 37 heavy (non-hydrogen) atoms. The van der Waals surface area contributed by atoms with Gasteiger partial charge in [-0.3, -0.25) is 0 Å². The summed E-state index contributed by atoms with van der Waals surface area (Å²) < 4.78 is 6.58. The second kappa shape index (κ2) is 12.7. The fourth-order valence-corrected chi connectivity index (χ4v) is 8.33. The molecule has 1 heterocycles. The molecule has 0 N–H and O–H groups in total. The molecule has 0 amide bonds. The Hall–Kier alpha value is -2.00. The third-order valence-corrected chi connectivity index (χ3v) is 9.19. The molecular formula is C31H39Cl2N2ORu-. The summed E-state index contributed by atoms with van der Waals surface area (Å²) in [6.45, 7) is 22.7. The minimum atomic E-state index is -2.12. The number of para-hydroxylation sites is 1. The summed E-state index contributed by atoms with van der Waals surface area (Å²) in [6, 6.07) is 16.7. The Morgan fingerprint density at radius 1 is 0.757 bits per heavy atom. The van der Waals surface area contributed by atoms with Gasteiger partial charge in [0.05, 0.1) is 6.10 Å². The van der Waals surface area contributed by atoms with Crippen molar-refractivity contribution in [2.45, 2.75) is 61.5 Å². The fourth-order valence-electron chi connectivity index (χ4n) is 5.14. The first-order chi connectivity index (χ1) is 17.4. The van der Waals surface area contributed by atoms with Crippen molar-refractivity contribution in [3.8, 4) is 5.75 Å². The first kappa shape index (κ1) is 29.6. The van der Waals surface area contributed by atoms with Crippen molar-refractivity contribution < 1.29 is 18.3 Å². The van der Waals surface area contributed by atoms with Gasteiger partial charge in [-0.05, 0) is 13.8 Å². The van der Waals surface area contributed by atoms with E-state index < -0.39 is 13.5 Å². The second-order valence-electron chi connectivity index (χ2n) is 10.0. The van der Waals surface area contributed by atoms with E-state index in [1.54, 1.807) is 0 Å². The normalized spacial score (nSPS) is 13.6. The zero-order valence-corrected chi connectivity index (χ0v) is 26.5. The van der Waals surface area contributed by atoms with Crippen LogP contribution >= 0.6 is 19.4 Å². The Bertz CT molecular complexity index is 1180. The van der Waals surface area contributed by atoms with E-state index in [4.69, 9.17) is 24.1 Å². The standard InChI is InChI=1S/C21H26N2.C10H13O.2ClH.Ru/c1-14-9-16(3)20(17(4)10-14)22-7-8-23(13-22)21-18(5)11-15(2)12-19(21)6;1-8(2)11-10-7-5-4-6-9(10)3;;;/h9-12H,7-8H2,1-6H3;4-8H,3H2,1-2H3;2*1H;/q;-1;;;+2/p-2. The van der Waals surface area contributed by atoms with E-state index in [9.17, 15) is 0 Å². The monoisotopic (exact) mass is 627 g/mol. The van der Waals surface area contributed by atoms with E-state index in [2.05, 4.69) is 82.5 Å². The molecule has 202 valence electrons. The van der Waals surface area contributed by atoms with Crippen LogP contribution in [0.5, 0.6) is 5.75 Å². The number of halogens is 2. The van der Waals surface area contributed by atoms with E-state index in [1.165, 1.54) is 44.8 Å². The van der Waals surface area contributed by atoms with Gasteiger partial charge in [0, 0.05) is 5.75 Å². The molecule has 0 atom stereocenters. The van der Waals surface area contributed by atoms with Gasteiger partial charge in [0.2, 0.25) is 0 Å². The van der Waals surface area contributed by atoms with Crippen LogP contribution < -0.4 is 14.5 Å². The number of benzene rings is 3. The molecule has 3 aromatic rings. The fraction of sp³-hybridized carbons (Fsp3) is 0.355. The van der Waals surface area contributed by atoms with Gasteiger partial charge in [-0.1, -0.05) is 12.1 Å². The molecule has 0 bridgehead atoms. The Labute approximate surface area is 236 Å². The molecule has 4 rings (SSSR count). The molecule has 3 aromatic carbocycles. The summed E-state index contributed by atoms with van der Waals surface area (Å²) in [5, 5.41) is 0. The number of rotatable bonds is 4. The van der Waals surface area contributed by atoms with Crippen LogP contribution in [0.2, 0.25) is 0 Å². The van der Waals surface area contributed by atoms with E-state index in [0.29, 0.717) is 0 Å². The number of ether oxygens (including phenoxy) is 1. The number of aryl methyl sites for hydroxylation is 6. The Morgan fingerprint density at radius 3 is 1.51 bits per heavy atom. The maximum absolute atomic E-state index is 6.63. The van der Waals surface area contributed by atoms with Crippen molar-refractivity contribution in [1.82, 2.24) is 0 Å². The predicted molar refractivity (Wildman–Crippen MR) is 159 cm³/mol. The molecule has 0 aliphatic carbocycles. The largest absolute Gasteiger partial charge is 0.548 e. The third kappa shape index (κ3) is 7.11. The van der Waals surface area contributed by atoms with Crippen molar-refractivity contribution in [3.63, 3.8) is 0 Å². The van der Waals surface area contributed by atoms with Crippen molar-refractivity contribution in [2.75, 3.05) is 22.9 Å². The number of nitrogens with zero attached hydrogens (tertiary/aromatic N) is 2. The maximum Gasteiger partial charge on any atom is 0.0767 e. The molecule has 1 aliphatic heterocycles. The van der Waals surface area contributed by atoms with E-state index in [1.807, 2.05) is 38.1 Å². The van der Waals surface area contributed by atoms with Crippen LogP contribution in [0.3, 0.4) is 0 Å². The van der Waals surface area contributed by atoms with Crippen molar-refractivity contribution >= 4 is 35.1 Å². The average molecular weight is 628 g/mol. The van der Waals surface area contributed by atoms with E-state index in [-0.39, 0.29) is 6.10 Å². The van der Waals surface area contributed by atoms with Crippen LogP contribution in [0, 0.1) is 48.5 Å². The molecule has 0 radical (unpaired) electrons. The molecule has 1 saturated heterocycles. The van der Waals surface area contributed by atoms with Gasteiger partial charge < -0.3 is 4.74 Å². The zero-order valence-electron chi connectivity index (χ0n) is 23.2. The third-order valence-electron chi connectivity index (χ3n) is 6.24. The van der Waals surface area contributed by atoms with E-state index >= 15 is 0 Å². The van der Waals surface area contributed by atoms with Gasteiger partial charge in [-0.2, -0.15) is 18.6 Å². The minimum Gasteiger partial charge on any atom is -0.548 e. The second-order valence-corrected chi connectivity index (χ2v) is 15.7. The van der Waals surface area contributed by atoms with Gasteiger partial charge in [0.15, 0.2) is 0 Å². The smallest absolute Gasteiger partial charge is 0.0767 e. The van der Waals surface area contributed by atoms with Crippen molar-refractivity contribution in [2.24, 2.45) is 0 Å². The zero-order chi connectivity index (χ0) is 27.4. The molecule has 0 unspecified atom stereocenters. The van der Waals surface area contributed by atoms with Crippen molar-refractivity contribution in [3.05, 3.63) is 94.4 Å². The molecular weight excluding hydrogens is 588 g/mol. The summed E-state index contributed by atoms with van der Waals surface area (Å²) in [6.07, 6.45) is 0.220. The van der Waals surface area contributed by atoms with Crippen molar-refractivity contribution in [1.29, 1.82) is 0 Å². The topological polar surface area (TPSA) is 15.7 Å². The Morgan fingerprint density at radius 2 is 1.16 bits per heavy atom. The Balaban J connectivity index is 0.000000289. The summed E-state index contributed by atoms with van der Waals surface area (Å²) in [7, 11) is 13.3. The Kier molecular flexibility index (Phi) is 10.1. The number of hydrogen-bond acceptors (Lipinski definition) is 3. The van der Waals surface area contributed by atoms with Gasteiger partial charge >= 0.3 is 171 Å². The summed E-state index contributed by atoms with van der Waals surface area (Å²) in [4.78, 5) is 4.73. The van der Waals surface area contributed by atoms with Crippen LogP contribution in [0.15, 0.2) is 48.5 Å². The van der Waals surface area contributed by atoms with Gasteiger partial charge in [-0.15, -0.1) is 6.07 Å². The molecule has 0 spiro atoms. The van der Waals surface area contributed by atoms with Crippen LogP contribution in [-0.4, -0.2) is 23.5 Å². The molecule has 0 aromatic heterocycles. The molecule has 0 saturated carbocycles. The van der Waals surface area contributed by atoms with Gasteiger partial charge in [0.25, 0.3) is 0 Å². The van der Waals surface area contributed by atoms with E-state index in [0.717, 1.165) is 28.8 Å². The number of anilines is 2.